The van der Waals surface area contributed by atoms with Crippen molar-refractivity contribution in [2.75, 3.05) is 41.3 Å². The number of nitrogens with zero attached hydrogens (tertiary/aromatic N) is 2. The molecule has 45 heavy (non-hydrogen) atoms. The summed E-state index contributed by atoms with van der Waals surface area (Å²) in [5.74, 6) is 1.13. The van der Waals surface area contributed by atoms with Crippen LogP contribution in [0.25, 0.3) is 27.6 Å². The van der Waals surface area contributed by atoms with Gasteiger partial charge in [-0.1, -0.05) is 6.07 Å². The fourth-order valence-electron chi connectivity index (χ4n) is 4.84. The molecule has 236 valence electrons. The van der Waals surface area contributed by atoms with E-state index in [9.17, 15) is 9.59 Å². The molecule has 0 fully saturated rings. The maximum atomic E-state index is 14.3. The zero-order valence-corrected chi connectivity index (χ0v) is 26.6. The van der Waals surface area contributed by atoms with E-state index >= 15 is 0 Å². The van der Waals surface area contributed by atoms with Gasteiger partial charge in [0.15, 0.2) is 23.0 Å². The topological polar surface area (TPSA) is 133 Å². The second-order valence-electron chi connectivity index (χ2n) is 9.18. The molecule has 11 nitrogen and oxygen atoms in total. The number of hydrogen-bond acceptors (Lipinski definition) is 10. The predicted molar refractivity (Wildman–Crippen MR) is 176 cm³/mol. The van der Waals surface area contributed by atoms with E-state index in [4.69, 9.17) is 34.2 Å². The summed E-state index contributed by atoms with van der Waals surface area (Å²) in [5.41, 5.74) is 7.08. The number of rotatable bonds is 9. The van der Waals surface area contributed by atoms with Crippen LogP contribution >= 0.6 is 24.8 Å². The number of methoxy groups -OCH3 is 5. The quantitative estimate of drug-likeness (QED) is 0.147. The van der Waals surface area contributed by atoms with Crippen LogP contribution in [-0.4, -0.2) is 51.1 Å². The number of esters is 1. The number of pyridine rings is 2. The summed E-state index contributed by atoms with van der Waals surface area (Å²) in [7, 11) is 7.18. The third kappa shape index (κ3) is 6.40. The van der Waals surface area contributed by atoms with Crippen LogP contribution < -0.4 is 35.0 Å². The van der Waals surface area contributed by atoms with Gasteiger partial charge in [0.05, 0.1) is 40.9 Å². The van der Waals surface area contributed by atoms with E-state index in [1.807, 2.05) is 0 Å². The van der Waals surface area contributed by atoms with Crippen molar-refractivity contribution in [3.63, 3.8) is 0 Å². The first-order chi connectivity index (χ1) is 20.8. The van der Waals surface area contributed by atoms with Crippen molar-refractivity contribution < 1.29 is 33.2 Å². The van der Waals surface area contributed by atoms with Gasteiger partial charge in [-0.15, -0.1) is 24.8 Å². The summed E-state index contributed by atoms with van der Waals surface area (Å²) in [5, 5.41) is 0.608. The summed E-state index contributed by atoms with van der Waals surface area (Å²) in [4.78, 5) is 32.2. The Morgan fingerprint density at radius 3 is 1.91 bits per heavy atom. The number of halogens is 2. The molecule has 0 saturated heterocycles. The van der Waals surface area contributed by atoms with Crippen LogP contribution in [0.1, 0.15) is 10.5 Å². The van der Waals surface area contributed by atoms with Gasteiger partial charge in [-0.05, 0) is 60.2 Å². The largest absolute Gasteiger partial charge is 0.493 e. The van der Waals surface area contributed by atoms with Crippen LogP contribution in [-0.2, 0) is 4.74 Å². The Kier molecular flexibility index (Phi) is 11.1. The maximum Gasteiger partial charge on any atom is 0.355 e. The van der Waals surface area contributed by atoms with Crippen molar-refractivity contribution >= 4 is 47.2 Å². The molecular weight excluding hydrogens is 625 g/mol. The number of hydrogen-bond donors (Lipinski definition) is 1. The summed E-state index contributed by atoms with van der Waals surface area (Å²) >= 11 is 0. The molecular formula is C32H31Cl2N3O8. The average Bonchev–Trinajstić information content (AvgIpc) is 3.04. The highest BCUT2D eigenvalue weighted by Gasteiger charge is 2.28. The predicted octanol–water partition coefficient (Wildman–Crippen LogP) is 6.09. The summed E-state index contributed by atoms with van der Waals surface area (Å²) in [6.07, 6.45) is 1.59. The van der Waals surface area contributed by atoms with E-state index in [1.165, 1.54) is 40.1 Å². The third-order valence-corrected chi connectivity index (χ3v) is 6.80. The first kappa shape index (κ1) is 34.4. The number of carbonyl (C=O) groups excluding carboxylic acids is 1. The number of fused-ring (bicyclic) bond motifs is 1. The highest BCUT2D eigenvalue weighted by atomic mass is 35.5. The van der Waals surface area contributed by atoms with Crippen molar-refractivity contribution in [1.29, 1.82) is 0 Å². The molecule has 2 N–H and O–H groups in total. The first-order valence-corrected chi connectivity index (χ1v) is 13.0. The van der Waals surface area contributed by atoms with Gasteiger partial charge in [-0.25, -0.2) is 9.78 Å². The lowest BCUT2D eigenvalue weighted by molar-refractivity contribution is 0.0591. The minimum absolute atomic E-state index is 0. The molecule has 0 unspecified atom stereocenters. The van der Waals surface area contributed by atoms with E-state index in [-0.39, 0.29) is 41.6 Å². The maximum absolute atomic E-state index is 14.3. The fraction of sp³-hybridized carbons (Fsp3) is 0.156. The van der Waals surface area contributed by atoms with Gasteiger partial charge < -0.3 is 34.2 Å². The average molecular weight is 657 g/mol. The van der Waals surface area contributed by atoms with Gasteiger partial charge in [0.2, 0.25) is 11.6 Å². The normalized spacial score (nSPS) is 10.2. The molecule has 13 heteroatoms. The smallest absolute Gasteiger partial charge is 0.355 e. The van der Waals surface area contributed by atoms with Crippen LogP contribution in [0.15, 0.2) is 77.7 Å². The molecule has 2 heterocycles. The van der Waals surface area contributed by atoms with Crippen LogP contribution in [0.2, 0.25) is 0 Å². The second kappa shape index (κ2) is 14.6. The lowest BCUT2D eigenvalue weighted by Gasteiger charge is -2.21. The van der Waals surface area contributed by atoms with E-state index in [0.29, 0.717) is 56.8 Å². The van der Waals surface area contributed by atoms with E-state index in [1.54, 1.807) is 72.9 Å². The fourth-order valence-corrected chi connectivity index (χ4v) is 4.84. The van der Waals surface area contributed by atoms with Crippen LogP contribution in [0.4, 0.5) is 5.69 Å². The summed E-state index contributed by atoms with van der Waals surface area (Å²) in [6, 6.07) is 18.3. The minimum Gasteiger partial charge on any atom is -0.493 e. The molecule has 0 radical (unpaired) electrons. The van der Waals surface area contributed by atoms with Crippen molar-refractivity contribution in [1.82, 2.24) is 9.55 Å². The lowest BCUT2D eigenvalue weighted by atomic mass is 9.95. The zero-order chi connectivity index (χ0) is 30.7. The molecule has 3 aromatic carbocycles. The molecule has 5 aromatic rings. The van der Waals surface area contributed by atoms with Gasteiger partial charge in [0.25, 0.3) is 5.56 Å². The number of aromatic nitrogens is 2. The number of ether oxygens (including phenoxy) is 6. The van der Waals surface area contributed by atoms with Crippen molar-refractivity contribution in [3.8, 4) is 51.4 Å². The van der Waals surface area contributed by atoms with Crippen LogP contribution in [0.3, 0.4) is 0 Å². The van der Waals surface area contributed by atoms with Gasteiger partial charge in [0, 0.05) is 34.6 Å². The standard InChI is InChI=1S/C32H29N3O8.2ClH/c1-38-23-16-21-22(17-24(23)43-27-8-6-7-13-34-27)31(36)35(20-11-9-19(33)10-12-20)29(32(37)42-5)28(21)18-14-25(39-2)30(41-4)26(15-18)40-3;;/h6-17H,33H2,1-5H3;2*1H. The molecule has 5 rings (SSSR count). The van der Waals surface area contributed by atoms with E-state index in [2.05, 4.69) is 4.98 Å². The number of nitrogen functional groups attached to an aromatic ring is 1. The Labute approximate surface area is 271 Å². The number of nitrogens with two attached hydrogens (primary N) is 1. The second-order valence-corrected chi connectivity index (χ2v) is 9.18. The molecule has 0 atom stereocenters. The van der Waals surface area contributed by atoms with Gasteiger partial charge in [-0.3, -0.25) is 9.36 Å². The van der Waals surface area contributed by atoms with Crippen molar-refractivity contribution in [3.05, 3.63) is 89.0 Å². The number of benzene rings is 3. The molecule has 0 aliphatic carbocycles. The monoisotopic (exact) mass is 655 g/mol. The molecule has 0 aliphatic heterocycles. The molecule has 2 aromatic heterocycles. The molecule has 0 saturated carbocycles. The third-order valence-electron chi connectivity index (χ3n) is 6.80. The minimum atomic E-state index is -0.757. The van der Waals surface area contributed by atoms with Gasteiger partial charge in [0.1, 0.15) is 5.69 Å². The van der Waals surface area contributed by atoms with Crippen LogP contribution in [0, 0.1) is 0 Å². The zero-order valence-electron chi connectivity index (χ0n) is 25.0. The molecule has 0 amide bonds. The molecule has 0 aliphatic rings. The van der Waals surface area contributed by atoms with Crippen molar-refractivity contribution in [2.45, 2.75) is 0 Å². The lowest BCUT2D eigenvalue weighted by Crippen LogP contribution is -2.27. The Morgan fingerprint density at radius 2 is 1.38 bits per heavy atom. The Balaban J connectivity index is 0.00000276. The Morgan fingerprint density at radius 1 is 0.756 bits per heavy atom. The van der Waals surface area contributed by atoms with Crippen molar-refractivity contribution in [2.24, 2.45) is 0 Å². The Hall–Kier alpha value is -5.13. The molecule has 0 spiro atoms. The highest BCUT2D eigenvalue weighted by molar-refractivity contribution is 6.08. The van der Waals surface area contributed by atoms with Gasteiger partial charge >= 0.3 is 5.97 Å². The van der Waals surface area contributed by atoms with E-state index < -0.39 is 11.5 Å². The first-order valence-electron chi connectivity index (χ1n) is 13.0. The molecule has 0 bridgehead atoms. The highest BCUT2D eigenvalue weighted by Crippen LogP contribution is 2.45. The van der Waals surface area contributed by atoms with E-state index in [0.717, 1.165) is 0 Å². The Bertz CT molecular complexity index is 1860. The number of anilines is 1. The summed E-state index contributed by atoms with van der Waals surface area (Å²) < 4.78 is 34.9. The summed E-state index contributed by atoms with van der Waals surface area (Å²) in [6.45, 7) is 0. The number of carbonyl (C=O) groups is 1. The van der Waals surface area contributed by atoms with Gasteiger partial charge in [-0.2, -0.15) is 0 Å². The van der Waals surface area contributed by atoms with Crippen LogP contribution in [0.5, 0.6) is 34.6 Å². The SMILES string of the molecule is COC(=O)c1c(-c2cc(OC)c(OC)c(OC)c2)c2cc(OC)c(Oc3ccccn3)cc2c(=O)n1-c1ccc(N)cc1.Cl.Cl.